The maximum absolute atomic E-state index is 5.64. The number of ether oxygens (including phenoxy) is 1. The molecule has 1 aliphatic heterocycles. The van der Waals surface area contributed by atoms with E-state index in [0.29, 0.717) is 0 Å². The Bertz CT molecular complexity index is 396. The third kappa shape index (κ3) is 6.47. The second kappa shape index (κ2) is 9.98. The molecule has 3 nitrogen and oxygen atoms in total. The van der Waals surface area contributed by atoms with Gasteiger partial charge in [0, 0.05) is 52.5 Å². The van der Waals surface area contributed by atoms with Crippen LogP contribution in [0.15, 0.2) is 24.3 Å². The van der Waals surface area contributed by atoms with Crippen LogP contribution < -0.4 is 0 Å². The van der Waals surface area contributed by atoms with E-state index in [1.807, 2.05) is 0 Å². The van der Waals surface area contributed by atoms with Crippen LogP contribution in [0.1, 0.15) is 37.3 Å². The van der Waals surface area contributed by atoms with Gasteiger partial charge in [0.1, 0.15) is 0 Å². The van der Waals surface area contributed by atoms with E-state index in [1.54, 1.807) is 0 Å². The molecule has 0 aromatic heterocycles. The van der Waals surface area contributed by atoms with Gasteiger partial charge >= 0.3 is 0 Å². The number of hydrogen-bond donors (Lipinski definition) is 0. The first-order valence-corrected chi connectivity index (χ1v) is 8.86. The molecule has 0 aliphatic carbocycles. The van der Waals surface area contributed by atoms with Gasteiger partial charge in [-0.1, -0.05) is 43.2 Å². The lowest BCUT2D eigenvalue weighted by Crippen LogP contribution is -2.46. The number of aryl methyl sites for hydroxylation is 1. The monoisotopic (exact) mass is 304 g/mol. The summed E-state index contributed by atoms with van der Waals surface area (Å²) in [6, 6.07) is 8.94. The molecule has 1 aromatic rings. The molecule has 0 amide bonds. The van der Waals surface area contributed by atoms with Crippen molar-refractivity contribution in [3.8, 4) is 0 Å². The maximum Gasteiger partial charge on any atom is 0.0478 e. The van der Waals surface area contributed by atoms with Gasteiger partial charge in [-0.05, 0) is 25.3 Å². The van der Waals surface area contributed by atoms with E-state index >= 15 is 0 Å². The van der Waals surface area contributed by atoms with Crippen molar-refractivity contribution in [3.63, 3.8) is 0 Å². The fraction of sp³-hybridized carbons (Fsp3) is 0.684. The lowest BCUT2D eigenvalue weighted by Gasteiger charge is -2.34. The second-order valence-electron chi connectivity index (χ2n) is 6.42. The van der Waals surface area contributed by atoms with E-state index in [-0.39, 0.29) is 0 Å². The number of benzene rings is 1. The highest BCUT2D eigenvalue weighted by Gasteiger charge is 2.16. The molecular formula is C19H32N2O. The lowest BCUT2D eigenvalue weighted by atomic mass is 10.1. The quantitative estimate of drug-likeness (QED) is 0.651. The Labute approximate surface area is 136 Å². The molecule has 0 N–H and O–H groups in total. The summed E-state index contributed by atoms with van der Waals surface area (Å²) < 4.78 is 5.64. The zero-order valence-electron chi connectivity index (χ0n) is 14.4. The maximum atomic E-state index is 5.64. The minimum absolute atomic E-state index is 0.920. The predicted molar refractivity (Wildman–Crippen MR) is 93.2 cm³/mol. The van der Waals surface area contributed by atoms with Gasteiger partial charge in [0.25, 0.3) is 0 Å². The van der Waals surface area contributed by atoms with Gasteiger partial charge in [0.05, 0.1) is 0 Å². The molecule has 1 saturated heterocycles. The van der Waals surface area contributed by atoms with Gasteiger partial charge in [-0.3, -0.25) is 4.90 Å². The van der Waals surface area contributed by atoms with Crippen molar-refractivity contribution < 1.29 is 4.74 Å². The summed E-state index contributed by atoms with van der Waals surface area (Å²) in [7, 11) is 0. The van der Waals surface area contributed by atoms with E-state index in [9.17, 15) is 0 Å². The first kappa shape index (κ1) is 17.5. The summed E-state index contributed by atoms with van der Waals surface area (Å²) in [6.45, 7) is 13.2. The number of unbranched alkanes of at least 4 members (excludes halogenated alkanes) is 1. The van der Waals surface area contributed by atoms with Gasteiger partial charge in [-0.25, -0.2) is 0 Å². The molecule has 0 atom stereocenters. The third-order valence-electron chi connectivity index (χ3n) is 4.40. The van der Waals surface area contributed by atoms with Crippen LogP contribution in [-0.2, 0) is 11.3 Å². The standard InChI is InChI=1S/C19H32N2O/c1-3-4-15-22-16-5-10-20-11-13-21(14-12-20)17-19-8-6-18(2)7-9-19/h6-9H,3-5,10-17H2,1-2H3. The van der Waals surface area contributed by atoms with Crippen LogP contribution in [-0.4, -0.2) is 55.7 Å². The molecule has 0 bridgehead atoms. The summed E-state index contributed by atoms with van der Waals surface area (Å²) in [4.78, 5) is 5.15. The molecule has 0 spiro atoms. The SMILES string of the molecule is CCCCOCCCN1CCN(Cc2ccc(C)cc2)CC1. The molecule has 0 unspecified atom stereocenters. The number of piperazine rings is 1. The smallest absolute Gasteiger partial charge is 0.0478 e. The highest BCUT2D eigenvalue weighted by Crippen LogP contribution is 2.10. The Morgan fingerprint density at radius 1 is 0.909 bits per heavy atom. The van der Waals surface area contributed by atoms with E-state index in [1.165, 1.54) is 63.1 Å². The molecule has 22 heavy (non-hydrogen) atoms. The first-order chi connectivity index (χ1) is 10.8. The Morgan fingerprint density at radius 2 is 1.55 bits per heavy atom. The molecule has 0 saturated carbocycles. The van der Waals surface area contributed by atoms with Gasteiger partial charge in [-0.15, -0.1) is 0 Å². The van der Waals surface area contributed by atoms with Crippen molar-refractivity contribution >= 4 is 0 Å². The van der Waals surface area contributed by atoms with Crippen LogP contribution in [0.5, 0.6) is 0 Å². The molecule has 0 radical (unpaired) electrons. The Kier molecular flexibility index (Phi) is 7.92. The first-order valence-electron chi connectivity index (χ1n) is 8.86. The van der Waals surface area contributed by atoms with Crippen molar-refractivity contribution in [2.24, 2.45) is 0 Å². The second-order valence-corrected chi connectivity index (χ2v) is 6.42. The number of hydrogen-bond acceptors (Lipinski definition) is 3. The summed E-state index contributed by atoms with van der Waals surface area (Å²) in [5.41, 5.74) is 2.78. The van der Waals surface area contributed by atoms with Crippen LogP contribution in [0.25, 0.3) is 0 Å². The molecule has 3 heteroatoms. The highest BCUT2D eigenvalue weighted by atomic mass is 16.5. The summed E-state index contributed by atoms with van der Waals surface area (Å²) >= 11 is 0. The average molecular weight is 304 g/mol. The molecule has 2 rings (SSSR count). The molecule has 1 aromatic carbocycles. The van der Waals surface area contributed by atoms with Crippen molar-refractivity contribution in [2.75, 3.05) is 45.9 Å². The van der Waals surface area contributed by atoms with Crippen LogP contribution >= 0.6 is 0 Å². The Morgan fingerprint density at radius 3 is 2.23 bits per heavy atom. The molecular weight excluding hydrogens is 272 g/mol. The van der Waals surface area contributed by atoms with Gasteiger partial charge in [-0.2, -0.15) is 0 Å². The average Bonchev–Trinajstić information content (AvgIpc) is 2.54. The lowest BCUT2D eigenvalue weighted by molar-refractivity contribution is 0.0957. The molecule has 124 valence electrons. The van der Waals surface area contributed by atoms with Crippen LogP contribution in [0, 0.1) is 6.92 Å². The largest absolute Gasteiger partial charge is 0.381 e. The zero-order valence-corrected chi connectivity index (χ0v) is 14.4. The Balaban J connectivity index is 1.56. The molecule has 1 aliphatic rings. The topological polar surface area (TPSA) is 15.7 Å². The Hall–Kier alpha value is -0.900. The van der Waals surface area contributed by atoms with Crippen LogP contribution in [0.3, 0.4) is 0 Å². The fourth-order valence-corrected chi connectivity index (χ4v) is 2.86. The van der Waals surface area contributed by atoms with E-state index in [4.69, 9.17) is 4.74 Å². The summed E-state index contributed by atoms with van der Waals surface area (Å²) in [6.07, 6.45) is 3.59. The third-order valence-corrected chi connectivity index (χ3v) is 4.40. The summed E-state index contributed by atoms with van der Waals surface area (Å²) in [5, 5.41) is 0. The van der Waals surface area contributed by atoms with Crippen molar-refractivity contribution in [1.82, 2.24) is 9.80 Å². The van der Waals surface area contributed by atoms with E-state index in [0.717, 1.165) is 19.8 Å². The van der Waals surface area contributed by atoms with Crippen molar-refractivity contribution in [1.29, 1.82) is 0 Å². The van der Waals surface area contributed by atoms with Crippen LogP contribution in [0.2, 0.25) is 0 Å². The molecule has 1 fully saturated rings. The van der Waals surface area contributed by atoms with Crippen LogP contribution in [0.4, 0.5) is 0 Å². The minimum Gasteiger partial charge on any atom is -0.381 e. The van der Waals surface area contributed by atoms with Gasteiger partial charge in [0.2, 0.25) is 0 Å². The normalized spacial score (nSPS) is 17.0. The van der Waals surface area contributed by atoms with E-state index in [2.05, 4.69) is 47.9 Å². The van der Waals surface area contributed by atoms with Crippen molar-refractivity contribution in [3.05, 3.63) is 35.4 Å². The summed E-state index contributed by atoms with van der Waals surface area (Å²) in [5.74, 6) is 0. The predicted octanol–water partition coefficient (Wildman–Crippen LogP) is 3.32. The minimum atomic E-state index is 0.920. The molecule has 1 heterocycles. The fourth-order valence-electron chi connectivity index (χ4n) is 2.86. The zero-order chi connectivity index (χ0) is 15.6. The van der Waals surface area contributed by atoms with Crippen molar-refractivity contribution in [2.45, 2.75) is 39.7 Å². The highest BCUT2D eigenvalue weighted by molar-refractivity contribution is 5.21. The van der Waals surface area contributed by atoms with E-state index < -0.39 is 0 Å². The number of rotatable bonds is 9. The van der Waals surface area contributed by atoms with Gasteiger partial charge < -0.3 is 9.64 Å². The number of nitrogens with zero attached hydrogens (tertiary/aromatic N) is 2. The van der Waals surface area contributed by atoms with Gasteiger partial charge in [0.15, 0.2) is 0 Å².